The van der Waals surface area contributed by atoms with E-state index in [1.165, 1.54) is 0 Å². The number of likely N-dealkylation sites (N-methyl/N-ethyl adjacent to an activating group) is 1. The topological polar surface area (TPSA) is 92.7 Å². The Morgan fingerprint density at radius 3 is 2.76 bits per heavy atom. The van der Waals surface area contributed by atoms with E-state index in [9.17, 15) is 14.4 Å². The summed E-state index contributed by atoms with van der Waals surface area (Å²) in [5.41, 5.74) is 0.817. The third kappa shape index (κ3) is 3.54. The van der Waals surface area contributed by atoms with Crippen molar-refractivity contribution in [3.05, 3.63) is 36.5 Å². The van der Waals surface area contributed by atoms with Gasteiger partial charge >= 0.3 is 0 Å². The summed E-state index contributed by atoms with van der Waals surface area (Å²) in [6.45, 7) is 2.09. The average molecular weight is 398 g/mol. The molecular weight excluding hydrogens is 372 g/mol. The molecule has 4 rings (SSSR count). The molecule has 1 aromatic carbocycles. The molecule has 8 nitrogen and oxygen atoms in total. The number of benzene rings is 1. The summed E-state index contributed by atoms with van der Waals surface area (Å²) >= 11 is 0. The van der Waals surface area contributed by atoms with Gasteiger partial charge in [0.1, 0.15) is 18.3 Å². The third-order valence-corrected chi connectivity index (χ3v) is 5.87. The van der Waals surface area contributed by atoms with Crippen LogP contribution < -0.4 is 10.6 Å². The molecule has 2 N–H and O–H groups in total. The first kappa shape index (κ1) is 19.6. The highest BCUT2D eigenvalue weighted by Crippen LogP contribution is 2.30. The first-order chi connectivity index (χ1) is 14.0. The maximum atomic E-state index is 13.3. The van der Waals surface area contributed by atoms with Crippen molar-refractivity contribution < 1.29 is 19.1 Å². The van der Waals surface area contributed by atoms with Crippen molar-refractivity contribution >= 4 is 28.6 Å². The number of aromatic nitrogens is 1. The molecule has 2 saturated heterocycles. The Labute approximate surface area is 169 Å². The summed E-state index contributed by atoms with van der Waals surface area (Å²) in [6.07, 6.45) is 2.85. The first-order valence-electron chi connectivity index (χ1n) is 10.0. The number of amides is 2. The van der Waals surface area contributed by atoms with Gasteiger partial charge in [0.15, 0.2) is 0 Å². The fourth-order valence-corrected chi connectivity index (χ4v) is 4.10. The van der Waals surface area contributed by atoms with Crippen molar-refractivity contribution in [1.82, 2.24) is 20.1 Å². The van der Waals surface area contributed by atoms with Crippen molar-refractivity contribution in [2.24, 2.45) is 0 Å². The van der Waals surface area contributed by atoms with Gasteiger partial charge < -0.3 is 20.3 Å². The van der Waals surface area contributed by atoms with Crippen molar-refractivity contribution in [2.75, 3.05) is 13.7 Å². The first-order valence-corrected chi connectivity index (χ1v) is 10.0. The highest BCUT2D eigenvalue weighted by atomic mass is 16.5. The standard InChI is InChI=1S/C21H26N4O4/c1-13(22-2)19(26)23-15-10-12-29-18-8-7-17(25(18)20(15)27)21(28)24-11-9-14-5-3-4-6-16(14)24/h3-6,9,11,13,15,17-18,22H,7-8,10,12H2,1-2H3,(H,23,26)/t13-,15-,17?,18-/m0/s1. The van der Waals surface area contributed by atoms with Crippen LogP contribution in [0.3, 0.4) is 0 Å². The van der Waals surface area contributed by atoms with Gasteiger partial charge in [-0.3, -0.25) is 19.0 Å². The zero-order valence-corrected chi connectivity index (χ0v) is 16.6. The van der Waals surface area contributed by atoms with Gasteiger partial charge in [0.2, 0.25) is 11.8 Å². The summed E-state index contributed by atoms with van der Waals surface area (Å²) in [5.74, 6) is -0.652. The minimum atomic E-state index is -0.696. The van der Waals surface area contributed by atoms with E-state index >= 15 is 0 Å². The normalized spacial score (nSPS) is 25.5. The number of rotatable bonds is 4. The number of nitrogens with zero attached hydrogens (tertiary/aromatic N) is 2. The largest absolute Gasteiger partial charge is 0.358 e. The zero-order chi connectivity index (χ0) is 20.5. The van der Waals surface area contributed by atoms with Crippen molar-refractivity contribution in [3.63, 3.8) is 0 Å². The number of fused-ring (bicyclic) bond motifs is 2. The fraction of sp³-hybridized carbons (Fsp3) is 0.476. The monoisotopic (exact) mass is 398 g/mol. The Bertz CT molecular complexity index is 940. The van der Waals surface area contributed by atoms with Crippen LogP contribution >= 0.6 is 0 Å². The van der Waals surface area contributed by atoms with E-state index in [-0.39, 0.29) is 17.7 Å². The van der Waals surface area contributed by atoms with Gasteiger partial charge in [0.05, 0.1) is 18.2 Å². The van der Waals surface area contributed by atoms with E-state index < -0.39 is 24.4 Å². The average Bonchev–Trinajstić information content (AvgIpc) is 3.32. The van der Waals surface area contributed by atoms with Crippen LogP contribution in [0.4, 0.5) is 0 Å². The predicted octanol–water partition coefficient (Wildman–Crippen LogP) is 1.11. The van der Waals surface area contributed by atoms with Gasteiger partial charge in [-0.05, 0) is 38.9 Å². The maximum Gasteiger partial charge on any atom is 0.253 e. The van der Waals surface area contributed by atoms with Crippen molar-refractivity contribution in [3.8, 4) is 0 Å². The molecule has 3 heterocycles. The van der Waals surface area contributed by atoms with Crippen LogP contribution in [-0.4, -0.2) is 65.2 Å². The Balaban J connectivity index is 1.58. The molecule has 1 unspecified atom stereocenters. The van der Waals surface area contributed by atoms with Gasteiger partial charge in [0, 0.05) is 18.0 Å². The number of hydrogen-bond acceptors (Lipinski definition) is 5. The molecule has 0 bridgehead atoms. The van der Waals surface area contributed by atoms with E-state index in [1.54, 1.807) is 29.6 Å². The molecule has 1 aromatic heterocycles. The van der Waals surface area contributed by atoms with Gasteiger partial charge in [-0.2, -0.15) is 0 Å². The highest BCUT2D eigenvalue weighted by Gasteiger charge is 2.46. The van der Waals surface area contributed by atoms with Gasteiger partial charge in [-0.25, -0.2) is 0 Å². The van der Waals surface area contributed by atoms with Crippen molar-refractivity contribution in [1.29, 1.82) is 0 Å². The summed E-state index contributed by atoms with van der Waals surface area (Å²) in [6, 6.07) is 7.83. The van der Waals surface area contributed by atoms with Crippen LogP contribution in [0, 0.1) is 0 Å². The van der Waals surface area contributed by atoms with Crippen LogP contribution in [0.15, 0.2) is 36.5 Å². The van der Waals surface area contributed by atoms with E-state index in [1.807, 2.05) is 30.3 Å². The molecule has 154 valence electrons. The Hall–Kier alpha value is -2.71. The number of para-hydroxylation sites is 1. The molecule has 29 heavy (non-hydrogen) atoms. The van der Waals surface area contributed by atoms with E-state index in [0.717, 1.165) is 10.9 Å². The number of carbonyl (C=O) groups is 3. The number of carbonyl (C=O) groups excluding carboxylic acids is 3. The molecule has 0 saturated carbocycles. The SMILES string of the molecule is CN[C@@H](C)C(=O)N[C@H]1CCO[C@H]2CCC(C(=O)n3ccc4ccccc43)N2C1=O. The molecule has 0 spiro atoms. The second-order valence-electron chi connectivity index (χ2n) is 7.61. The number of hydrogen-bond donors (Lipinski definition) is 2. The molecule has 2 aliphatic rings. The lowest BCUT2D eigenvalue weighted by Crippen LogP contribution is -2.55. The van der Waals surface area contributed by atoms with Gasteiger partial charge in [-0.15, -0.1) is 0 Å². The predicted molar refractivity (Wildman–Crippen MR) is 107 cm³/mol. The maximum absolute atomic E-state index is 13.3. The molecule has 4 atom stereocenters. The van der Waals surface area contributed by atoms with E-state index in [0.29, 0.717) is 25.9 Å². The van der Waals surface area contributed by atoms with Crippen LogP contribution in [0.1, 0.15) is 31.0 Å². The van der Waals surface area contributed by atoms with Crippen molar-refractivity contribution in [2.45, 2.75) is 50.5 Å². The van der Waals surface area contributed by atoms with Crippen LogP contribution in [0.2, 0.25) is 0 Å². The second-order valence-corrected chi connectivity index (χ2v) is 7.61. The lowest BCUT2D eigenvalue weighted by atomic mass is 10.1. The lowest BCUT2D eigenvalue weighted by molar-refractivity contribution is -0.143. The molecule has 8 heteroatoms. The smallest absolute Gasteiger partial charge is 0.253 e. The number of ether oxygens (including phenoxy) is 1. The fourth-order valence-electron chi connectivity index (χ4n) is 4.10. The molecule has 2 aromatic rings. The Morgan fingerprint density at radius 1 is 1.17 bits per heavy atom. The zero-order valence-electron chi connectivity index (χ0n) is 16.6. The minimum absolute atomic E-state index is 0.152. The second kappa shape index (κ2) is 7.96. The molecular formula is C21H26N4O4. The van der Waals surface area contributed by atoms with Crippen LogP contribution in [0.5, 0.6) is 0 Å². The van der Waals surface area contributed by atoms with Crippen LogP contribution in [0.25, 0.3) is 10.9 Å². The third-order valence-electron chi connectivity index (χ3n) is 5.87. The molecule has 2 amide bonds. The van der Waals surface area contributed by atoms with Crippen LogP contribution in [-0.2, 0) is 14.3 Å². The summed E-state index contributed by atoms with van der Waals surface area (Å²) in [7, 11) is 1.69. The molecule has 2 fully saturated rings. The van der Waals surface area contributed by atoms with Gasteiger partial charge in [0.25, 0.3) is 5.91 Å². The number of nitrogens with one attached hydrogen (secondary N) is 2. The lowest BCUT2D eigenvalue weighted by Gasteiger charge is -2.30. The van der Waals surface area contributed by atoms with E-state index in [2.05, 4.69) is 10.6 Å². The summed E-state index contributed by atoms with van der Waals surface area (Å²) < 4.78 is 7.47. The Kier molecular flexibility index (Phi) is 5.38. The molecule has 0 aliphatic carbocycles. The quantitative estimate of drug-likeness (QED) is 0.805. The van der Waals surface area contributed by atoms with Gasteiger partial charge in [-0.1, -0.05) is 18.2 Å². The molecule has 2 aliphatic heterocycles. The highest BCUT2D eigenvalue weighted by molar-refractivity contribution is 5.98. The minimum Gasteiger partial charge on any atom is -0.358 e. The summed E-state index contributed by atoms with van der Waals surface area (Å²) in [5, 5.41) is 6.65. The molecule has 0 radical (unpaired) electrons. The summed E-state index contributed by atoms with van der Waals surface area (Å²) in [4.78, 5) is 40.4. The van der Waals surface area contributed by atoms with E-state index in [4.69, 9.17) is 4.74 Å². The Morgan fingerprint density at radius 2 is 1.97 bits per heavy atom.